The van der Waals surface area contributed by atoms with E-state index >= 15 is 0 Å². The second-order valence-corrected chi connectivity index (χ2v) is 6.61. The summed E-state index contributed by atoms with van der Waals surface area (Å²) in [4.78, 5) is 17.1. The third-order valence-corrected chi connectivity index (χ3v) is 4.00. The summed E-state index contributed by atoms with van der Waals surface area (Å²) < 4.78 is 12.9. The van der Waals surface area contributed by atoms with E-state index in [1.807, 2.05) is 13.8 Å². The van der Waals surface area contributed by atoms with Gasteiger partial charge in [0.15, 0.2) is 0 Å². The van der Waals surface area contributed by atoms with E-state index in [1.54, 1.807) is 19.1 Å². The highest BCUT2D eigenvalue weighted by Crippen LogP contribution is 2.28. The molecule has 2 rings (SSSR count). The van der Waals surface area contributed by atoms with Crippen molar-refractivity contribution in [3.63, 3.8) is 0 Å². The van der Waals surface area contributed by atoms with Gasteiger partial charge in [0.2, 0.25) is 0 Å². The predicted molar refractivity (Wildman–Crippen MR) is 97.3 cm³/mol. The molecule has 0 fully saturated rings. The number of nitrogens with two attached hydrogens (primary N) is 1. The van der Waals surface area contributed by atoms with E-state index < -0.39 is 5.54 Å². The lowest BCUT2D eigenvalue weighted by atomic mass is 10.1. The number of carbonyl (C=O) groups is 1. The van der Waals surface area contributed by atoms with Gasteiger partial charge in [-0.3, -0.25) is 4.79 Å². The fourth-order valence-electron chi connectivity index (χ4n) is 1.71. The Kier molecular flexibility index (Phi) is 8.14. The van der Waals surface area contributed by atoms with E-state index in [0.29, 0.717) is 22.1 Å². The maximum absolute atomic E-state index is 12.9. The summed E-state index contributed by atoms with van der Waals surface area (Å²) in [5.74, 6) is -0.480. The standard InChI is InChI=1S/C15H18FN3OS.2ClH/c1-9-12(13(20)18-8-15(2,3)17)21-14(19-9)10-4-6-11(16)7-5-10;;/h4-7H,8,17H2,1-3H3,(H,18,20);2*1H. The van der Waals surface area contributed by atoms with Crippen molar-refractivity contribution in [2.24, 2.45) is 5.73 Å². The summed E-state index contributed by atoms with van der Waals surface area (Å²) in [5, 5.41) is 3.50. The van der Waals surface area contributed by atoms with Crippen LogP contribution >= 0.6 is 36.2 Å². The molecule has 0 radical (unpaired) electrons. The minimum atomic E-state index is -0.464. The van der Waals surface area contributed by atoms with Crippen LogP contribution in [0.5, 0.6) is 0 Å². The van der Waals surface area contributed by atoms with E-state index in [2.05, 4.69) is 10.3 Å². The molecule has 128 valence electrons. The van der Waals surface area contributed by atoms with Crippen molar-refractivity contribution in [3.05, 3.63) is 40.7 Å². The molecule has 0 aliphatic heterocycles. The van der Waals surface area contributed by atoms with Gasteiger partial charge in [-0.05, 0) is 45.0 Å². The lowest BCUT2D eigenvalue weighted by molar-refractivity contribution is 0.0949. The Morgan fingerprint density at radius 1 is 1.30 bits per heavy atom. The number of nitrogens with zero attached hydrogens (tertiary/aromatic N) is 1. The number of aryl methyl sites for hydroxylation is 1. The first kappa shape index (κ1) is 21.8. The van der Waals surface area contributed by atoms with Crippen LogP contribution < -0.4 is 11.1 Å². The highest BCUT2D eigenvalue weighted by Gasteiger charge is 2.18. The number of halogens is 3. The zero-order valence-corrected chi connectivity index (χ0v) is 15.5. The Morgan fingerprint density at radius 3 is 2.39 bits per heavy atom. The monoisotopic (exact) mass is 379 g/mol. The van der Waals surface area contributed by atoms with Gasteiger partial charge in [-0.25, -0.2) is 9.37 Å². The molecular weight excluding hydrogens is 360 g/mol. The van der Waals surface area contributed by atoms with Crippen LogP contribution in [-0.2, 0) is 0 Å². The van der Waals surface area contributed by atoms with Crippen molar-refractivity contribution in [1.82, 2.24) is 10.3 Å². The molecule has 1 amide bonds. The van der Waals surface area contributed by atoms with Crippen molar-refractivity contribution in [1.29, 1.82) is 0 Å². The Morgan fingerprint density at radius 2 is 1.87 bits per heavy atom. The van der Waals surface area contributed by atoms with Gasteiger partial charge in [0, 0.05) is 17.6 Å². The fraction of sp³-hybridized carbons (Fsp3) is 0.333. The van der Waals surface area contributed by atoms with Crippen LogP contribution in [-0.4, -0.2) is 23.0 Å². The number of carbonyl (C=O) groups excluding carboxylic acids is 1. The van der Waals surface area contributed by atoms with Crippen LogP contribution in [0.15, 0.2) is 24.3 Å². The van der Waals surface area contributed by atoms with Crippen LogP contribution in [0, 0.1) is 12.7 Å². The molecule has 0 atom stereocenters. The number of nitrogens with one attached hydrogen (secondary N) is 1. The summed E-state index contributed by atoms with van der Waals surface area (Å²) in [6, 6.07) is 6.06. The Bertz CT molecular complexity index is 654. The number of hydrogen-bond donors (Lipinski definition) is 2. The molecule has 0 saturated carbocycles. The second-order valence-electron chi connectivity index (χ2n) is 5.61. The molecule has 23 heavy (non-hydrogen) atoms. The van der Waals surface area contributed by atoms with Crippen molar-refractivity contribution < 1.29 is 9.18 Å². The Labute approximate surface area is 151 Å². The second kappa shape index (κ2) is 8.59. The lowest BCUT2D eigenvalue weighted by Gasteiger charge is -2.18. The molecule has 0 aliphatic carbocycles. The van der Waals surface area contributed by atoms with E-state index in [4.69, 9.17) is 5.73 Å². The maximum Gasteiger partial charge on any atom is 0.263 e. The largest absolute Gasteiger partial charge is 0.349 e. The summed E-state index contributed by atoms with van der Waals surface area (Å²) in [7, 11) is 0. The van der Waals surface area contributed by atoms with E-state index in [9.17, 15) is 9.18 Å². The van der Waals surface area contributed by atoms with Crippen LogP contribution in [0.1, 0.15) is 29.2 Å². The van der Waals surface area contributed by atoms with Crippen LogP contribution in [0.25, 0.3) is 10.6 Å². The van der Waals surface area contributed by atoms with Crippen LogP contribution in [0.2, 0.25) is 0 Å². The highest BCUT2D eigenvalue weighted by atomic mass is 35.5. The average molecular weight is 380 g/mol. The predicted octanol–water partition coefficient (Wildman–Crippen LogP) is 3.57. The molecule has 3 N–H and O–H groups in total. The van der Waals surface area contributed by atoms with Crippen molar-refractivity contribution in [3.8, 4) is 10.6 Å². The number of aromatic nitrogens is 1. The first-order chi connectivity index (χ1) is 9.76. The van der Waals surface area contributed by atoms with Gasteiger partial charge in [0.05, 0.1) is 5.69 Å². The summed E-state index contributed by atoms with van der Waals surface area (Å²) >= 11 is 1.29. The normalized spacial score (nSPS) is 10.5. The van der Waals surface area contributed by atoms with Crippen molar-refractivity contribution in [2.75, 3.05) is 6.54 Å². The molecule has 0 aliphatic rings. The van der Waals surface area contributed by atoms with Crippen molar-refractivity contribution in [2.45, 2.75) is 26.3 Å². The molecule has 2 aromatic rings. The molecule has 1 heterocycles. The minimum Gasteiger partial charge on any atom is -0.349 e. The first-order valence-corrected chi connectivity index (χ1v) is 7.38. The lowest BCUT2D eigenvalue weighted by Crippen LogP contribution is -2.45. The third kappa shape index (κ3) is 6.06. The van der Waals surface area contributed by atoms with Crippen LogP contribution in [0.4, 0.5) is 4.39 Å². The fourth-order valence-corrected chi connectivity index (χ4v) is 2.70. The zero-order chi connectivity index (χ0) is 15.6. The average Bonchev–Trinajstić information content (AvgIpc) is 2.78. The van der Waals surface area contributed by atoms with Gasteiger partial charge in [0.1, 0.15) is 15.7 Å². The molecule has 0 spiro atoms. The molecule has 1 aromatic carbocycles. The van der Waals surface area contributed by atoms with E-state index in [0.717, 1.165) is 5.56 Å². The Hall–Kier alpha value is -1.21. The van der Waals surface area contributed by atoms with Gasteiger partial charge < -0.3 is 11.1 Å². The highest BCUT2D eigenvalue weighted by molar-refractivity contribution is 7.17. The molecule has 4 nitrogen and oxygen atoms in total. The third-order valence-electron chi connectivity index (χ3n) is 2.80. The van der Waals surface area contributed by atoms with Gasteiger partial charge in [-0.1, -0.05) is 0 Å². The number of benzene rings is 1. The van der Waals surface area contributed by atoms with Gasteiger partial charge in [-0.15, -0.1) is 36.2 Å². The molecular formula is C15H20Cl2FN3OS. The number of rotatable bonds is 4. The van der Waals surface area contributed by atoms with Crippen LogP contribution in [0.3, 0.4) is 0 Å². The summed E-state index contributed by atoms with van der Waals surface area (Å²) in [6.07, 6.45) is 0. The first-order valence-electron chi connectivity index (χ1n) is 6.57. The minimum absolute atomic E-state index is 0. The van der Waals surface area contributed by atoms with Crippen molar-refractivity contribution >= 4 is 42.1 Å². The SMILES string of the molecule is Cc1nc(-c2ccc(F)cc2)sc1C(=O)NCC(C)(C)N.Cl.Cl. The molecule has 0 saturated heterocycles. The number of amides is 1. The number of thiazole rings is 1. The molecule has 0 bridgehead atoms. The molecule has 1 aromatic heterocycles. The van der Waals surface area contributed by atoms with Gasteiger partial charge >= 0.3 is 0 Å². The smallest absolute Gasteiger partial charge is 0.263 e. The quantitative estimate of drug-likeness (QED) is 0.852. The molecule has 0 unspecified atom stereocenters. The number of hydrogen-bond acceptors (Lipinski definition) is 4. The molecule has 8 heteroatoms. The van der Waals surface area contributed by atoms with Gasteiger partial charge in [0.25, 0.3) is 5.91 Å². The zero-order valence-electron chi connectivity index (χ0n) is 13.1. The summed E-state index contributed by atoms with van der Waals surface area (Å²) in [5.41, 5.74) is 6.84. The maximum atomic E-state index is 12.9. The van der Waals surface area contributed by atoms with Gasteiger partial charge in [-0.2, -0.15) is 0 Å². The summed E-state index contributed by atoms with van der Waals surface area (Å²) in [6.45, 7) is 5.86. The van der Waals surface area contributed by atoms with E-state index in [-0.39, 0.29) is 36.5 Å². The Balaban J connectivity index is 0.00000242. The topological polar surface area (TPSA) is 68.0 Å². The van der Waals surface area contributed by atoms with E-state index in [1.165, 1.54) is 23.5 Å².